The first kappa shape index (κ1) is 13.0. The first-order chi connectivity index (χ1) is 11.1. The number of nitrogens with zero attached hydrogens (tertiary/aromatic N) is 1. The normalized spacial score (nSPS) is 35.0. The highest BCUT2D eigenvalue weighted by Crippen LogP contribution is 2.73. The molecule has 0 unspecified atom stereocenters. The van der Waals surface area contributed by atoms with E-state index >= 15 is 0 Å². The number of carbonyl (C=O) groups excluding carboxylic acids is 3. The minimum atomic E-state index is -0.422. The molecule has 0 radical (unpaired) electrons. The molecule has 2 saturated carbocycles. The Labute approximate surface area is 133 Å². The summed E-state index contributed by atoms with van der Waals surface area (Å²) in [6.45, 7) is 0. The Morgan fingerprint density at radius 2 is 1.57 bits per heavy atom. The van der Waals surface area contributed by atoms with Crippen molar-refractivity contribution in [2.24, 2.45) is 29.1 Å². The van der Waals surface area contributed by atoms with Crippen molar-refractivity contribution in [2.75, 3.05) is 0 Å². The number of allylic oxidation sites excluding steroid dienone is 2. The molecule has 0 aromatic heterocycles. The van der Waals surface area contributed by atoms with Gasteiger partial charge in [-0.3, -0.25) is 19.8 Å². The van der Waals surface area contributed by atoms with Crippen LogP contribution in [0, 0.1) is 29.1 Å². The monoisotopic (exact) mass is 308 g/mol. The van der Waals surface area contributed by atoms with Crippen LogP contribution >= 0.6 is 0 Å². The van der Waals surface area contributed by atoms with Crippen LogP contribution in [0.4, 0.5) is 0 Å². The maximum atomic E-state index is 12.7. The van der Waals surface area contributed by atoms with Gasteiger partial charge in [0, 0.05) is 5.56 Å². The lowest BCUT2D eigenvalue weighted by atomic mass is 9.85. The van der Waals surface area contributed by atoms with E-state index in [0.29, 0.717) is 5.56 Å². The Morgan fingerprint density at radius 3 is 2.09 bits per heavy atom. The van der Waals surface area contributed by atoms with Crippen LogP contribution in [0.15, 0.2) is 42.5 Å². The van der Waals surface area contributed by atoms with Crippen molar-refractivity contribution in [1.82, 2.24) is 10.4 Å². The number of benzene rings is 1. The molecule has 1 aromatic carbocycles. The lowest BCUT2D eigenvalue weighted by Crippen LogP contribution is -2.47. The van der Waals surface area contributed by atoms with Gasteiger partial charge in [0.25, 0.3) is 17.7 Å². The summed E-state index contributed by atoms with van der Waals surface area (Å²) in [4.78, 5) is 37.7. The van der Waals surface area contributed by atoms with Gasteiger partial charge in [-0.2, -0.15) is 5.01 Å². The van der Waals surface area contributed by atoms with Gasteiger partial charge in [0.15, 0.2) is 0 Å². The Morgan fingerprint density at radius 1 is 1.00 bits per heavy atom. The van der Waals surface area contributed by atoms with E-state index in [1.54, 1.807) is 24.3 Å². The summed E-state index contributed by atoms with van der Waals surface area (Å²) in [5, 5.41) is 0.965. The van der Waals surface area contributed by atoms with E-state index in [-0.39, 0.29) is 40.9 Å². The van der Waals surface area contributed by atoms with E-state index < -0.39 is 5.91 Å². The average molecular weight is 308 g/mol. The van der Waals surface area contributed by atoms with Crippen LogP contribution in [0.1, 0.15) is 23.2 Å². The van der Waals surface area contributed by atoms with E-state index in [1.165, 1.54) is 0 Å². The summed E-state index contributed by atoms with van der Waals surface area (Å²) >= 11 is 0. The van der Waals surface area contributed by atoms with Crippen LogP contribution < -0.4 is 5.43 Å². The second-order valence-corrected chi connectivity index (χ2v) is 7.04. The van der Waals surface area contributed by atoms with Gasteiger partial charge in [0.2, 0.25) is 0 Å². The highest BCUT2D eigenvalue weighted by molar-refractivity contribution is 6.09. The third-order valence-corrected chi connectivity index (χ3v) is 6.10. The first-order valence-electron chi connectivity index (χ1n) is 8.06. The highest BCUT2D eigenvalue weighted by Gasteiger charge is 2.73. The fourth-order valence-corrected chi connectivity index (χ4v) is 4.94. The van der Waals surface area contributed by atoms with Crippen molar-refractivity contribution in [3.05, 3.63) is 48.0 Å². The van der Waals surface area contributed by atoms with Crippen LogP contribution in [0.3, 0.4) is 0 Å². The molecule has 23 heavy (non-hydrogen) atoms. The molecular weight excluding hydrogens is 292 g/mol. The molecule has 1 aromatic rings. The Kier molecular flexibility index (Phi) is 2.33. The summed E-state index contributed by atoms with van der Waals surface area (Å²) in [6.07, 6.45) is 6.46. The zero-order valence-electron chi connectivity index (χ0n) is 12.4. The van der Waals surface area contributed by atoms with Gasteiger partial charge < -0.3 is 0 Å². The second-order valence-electron chi connectivity index (χ2n) is 7.04. The smallest absolute Gasteiger partial charge is 0.270 e. The third-order valence-electron chi connectivity index (χ3n) is 6.10. The minimum Gasteiger partial charge on any atom is -0.272 e. The Bertz CT molecular complexity index is 732. The lowest BCUT2D eigenvalue weighted by molar-refractivity contribution is -0.144. The molecule has 3 amide bonds. The van der Waals surface area contributed by atoms with E-state index in [2.05, 4.69) is 17.6 Å². The van der Waals surface area contributed by atoms with Crippen molar-refractivity contribution >= 4 is 17.7 Å². The summed E-state index contributed by atoms with van der Waals surface area (Å²) in [6, 6.07) is 8.62. The number of hydrogen-bond donors (Lipinski definition) is 1. The van der Waals surface area contributed by atoms with Crippen molar-refractivity contribution in [1.29, 1.82) is 0 Å². The van der Waals surface area contributed by atoms with Gasteiger partial charge in [0.05, 0.1) is 11.8 Å². The summed E-state index contributed by atoms with van der Waals surface area (Å²) < 4.78 is 0. The third kappa shape index (κ3) is 1.49. The molecule has 5 nitrogen and oxygen atoms in total. The molecule has 1 saturated heterocycles. The molecule has 3 fully saturated rings. The van der Waals surface area contributed by atoms with E-state index in [0.717, 1.165) is 17.9 Å². The summed E-state index contributed by atoms with van der Waals surface area (Å²) in [5.74, 6) is -1.12. The molecule has 4 aliphatic rings. The van der Waals surface area contributed by atoms with Gasteiger partial charge >= 0.3 is 0 Å². The van der Waals surface area contributed by atoms with E-state index in [9.17, 15) is 14.4 Å². The van der Waals surface area contributed by atoms with Crippen molar-refractivity contribution in [3.8, 4) is 0 Å². The number of rotatable bonds is 2. The van der Waals surface area contributed by atoms with Crippen LogP contribution in [0.5, 0.6) is 0 Å². The summed E-state index contributed by atoms with van der Waals surface area (Å²) in [7, 11) is 0. The van der Waals surface area contributed by atoms with E-state index in [1.807, 2.05) is 6.07 Å². The van der Waals surface area contributed by atoms with Gasteiger partial charge in [-0.15, -0.1) is 0 Å². The zero-order chi connectivity index (χ0) is 15.8. The maximum absolute atomic E-state index is 12.7. The molecular formula is C18H16N2O3. The average Bonchev–Trinajstić information content (AvgIpc) is 3.18. The molecule has 116 valence electrons. The van der Waals surface area contributed by atoms with Crippen LogP contribution in [-0.2, 0) is 9.59 Å². The predicted molar refractivity (Wildman–Crippen MR) is 80.5 cm³/mol. The fourth-order valence-electron chi connectivity index (χ4n) is 4.94. The largest absolute Gasteiger partial charge is 0.272 e. The molecule has 5 heteroatoms. The number of carbonyl (C=O) groups is 3. The van der Waals surface area contributed by atoms with Gasteiger partial charge in [-0.25, -0.2) is 0 Å². The molecule has 1 N–H and O–H groups in total. The minimum absolute atomic E-state index is 0.174. The Hall–Kier alpha value is -2.43. The standard InChI is InChI=1S/C18H16N2O3/c21-15(10-4-2-1-3-5-10)19-20-16(22)13-11-6-7-12(14(13)17(20)23)18(11)8-9-18/h1-7,11-14H,8-9H2,(H,19,21)/t11-,12-,13-,14-/m1/s1. The van der Waals surface area contributed by atoms with Gasteiger partial charge in [-0.05, 0) is 42.2 Å². The number of hydrazine groups is 1. The number of fused-ring (bicyclic) bond motifs is 3. The van der Waals surface area contributed by atoms with E-state index in [4.69, 9.17) is 0 Å². The molecule has 4 atom stereocenters. The second kappa shape index (κ2) is 4.10. The first-order valence-corrected chi connectivity index (χ1v) is 8.06. The summed E-state index contributed by atoms with van der Waals surface area (Å²) in [5.41, 5.74) is 3.12. The zero-order valence-corrected chi connectivity index (χ0v) is 12.4. The number of imide groups is 1. The lowest BCUT2D eigenvalue weighted by Gasteiger charge is -2.21. The number of hydrogen-bond acceptors (Lipinski definition) is 3. The van der Waals surface area contributed by atoms with Crippen LogP contribution in [0.25, 0.3) is 0 Å². The molecule has 2 bridgehead atoms. The van der Waals surface area contributed by atoms with Crippen molar-refractivity contribution in [3.63, 3.8) is 0 Å². The topological polar surface area (TPSA) is 66.5 Å². The molecule has 5 rings (SSSR count). The fraction of sp³-hybridized carbons (Fsp3) is 0.389. The Balaban J connectivity index is 1.42. The van der Waals surface area contributed by atoms with Crippen molar-refractivity contribution < 1.29 is 14.4 Å². The number of nitrogens with one attached hydrogen (secondary N) is 1. The van der Waals surface area contributed by atoms with Crippen LogP contribution in [0.2, 0.25) is 0 Å². The molecule has 3 aliphatic carbocycles. The van der Waals surface area contributed by atoms with Gasteiger partial charge in [-0.1, -0.05) is 30.4 Å². The maximum Gasteiger partial charge on any atom is 0.270 e. The quantitative estimate of drug-likeness (QED) is 0.665. The highest BCUT2D eigenvalue weighted by atomic mass is 16.2. The predicted octanol–water partition coefficient (Wildman–Crippen LogP) is 1.53. The SMILES string of the molecule is O=C(NN1C(=O)[C@H]2[C@H](C1=O)[C@H]1C=C[C@H]2C12CC2)c1ccccc1. The van der Waals surface area contributed by atoms with Crippen molar-refractivity contribution in [2.45, 2.75) is 12.8 Å². The van der Waals surface area contributed by atoms with Gasteiger partial charge in [0.1, 0.15) is 0 Å². The molecule has 1 heterocycles. The molecule has 1 aliphatic heterocycles. The van der Waals surface area contributed by atoms with Crippen LogP contribution in [-0.4, -0.2) is 22.7 Å². The number of amides is 3. The molecule has 1 spiro atoms.